The van der Waals surface area contributed by atoms with E-state index in [4.69, 9.17) is 16.3 Å². The zero-order chi connectivity index (χ0) is 38.0. The maximum atomic E-state index is 13.4. The number of pyridine rings is 1. The summed E-state index contributed by atoms with van der Waals surface area (Å²) in [5.74, 6) is -2.06. The van der Waals surface area contributed by atoms with Crippen molar-refractivity contribution in [3.05, 3.63) is 76.6 Å². The Hall–Kier alpha value is -5.60. The van der Waals surface area contributed by atoms with Crippen molar-refractivity contribution in [2.75, 3.05) is 49.1 Å². The molecule has 282 valence electrons. The highest BCUT2D eigenvalue weighted by Crippen LogP contribution is 2.46. The summed E-state index contributed by atoms with van der Waals surface area (Å²) in [5, 5.41) is 3.82. The van der Waals surface area contributed by atoms with Gasteiger partial charge in [-0.3, -0.25) is 39.0 Å². The van der Waals surface area contributed by atoms with Crippen molar-refractivity contribution in [1.82, 2.24) is 25.1 Å². The van der Waals surface area contributed by atoms with Crippen molar-refractivity contribution < 1.29 is 33.5 Å². The number of fused-ring (bicyclic) bond motifs is 2. The van der Waals surface area contributed by atoms with E-state index in [0.29, 0.717) is 50.0 Å². The molecule has 15 heteroatoms. The SMILES string of the molecule is O=C1CCC(N2C(=O)c3ccc(N4CCC(OCC(=O)N5CCN(c6cccc(-c7cnc8[nH]cc(C9CC9)c8c7Cl)c6)C(=O)C5)CC4)cc3C2=O)C(=O)N1. The molecule has 0 spiro atoms. The van der Waals surface area contributed by atoms with Crippen molar-refractivity contribution >= 4 is 69.5 Å². The molecule has 6 amide bonds. The molecule has 1 aliphatic carbocycles. The maximum Gasteiger partial charge on any atom is 0.262 e. The number of halogens is 1. The number of aromatic amines is 1. The predicted molar refractivity (Wildman–Crippen MR) is 202 cm³/mol. The van der Waals surface area contributed by atoms with Crippen LogP contribution in [0.3, 0.4) is 0 Å². The van der Waals surface area contributed by atoms with Gasteiger partial charge in [0.15, 0.2) is 0 Å². The molecule has 2 aromatic carbocycles. The van der Waals surface area contributed by atoms with E-state index >= 15 is 0 Å². The van der Waals surface area contributed by atoms with Crippen LogP contribution in [-0.4, -0.2) is 107 Å². The number of piperazine rings is 1. The lowest BCUT2D eigenvalue weighted by Crippen LogP contribution is -2.54. The summed E-state index contributed by atoms with van der Waals surface area (Å²) in [7, 11) is 0. The standard InChI is InChI=1S/C40H38ClN7O7/c41-36-30(19-43-37-35(36)29(18-42-37)22-4-5-22)23-2-1-3-25(16-23)47-15-14-46(20-33(47)50)34(51)21-55-26-10-12-45(13-11-26)24-6-7-27-28(17-24)40(54)48(39(27)53)31-8-9-32(49)44-38(31)52/h1-3,6-7,16-19,22,26,31H,4-5,8-15,20-21H2,(H,42,43)(H,44,49,52). The summed E-state index contributed by atoms with van der Waals surface area (Å²) < 4.78 is 6.03. The molecule has 4 aromatic rings. The fourth-order valence-electron chi connectivity index (χ4n) is 8.21. The second-order valence-corrected chi connectivity index (χ2v) is 15.2. The molecular weight excluding hydrogens is 726 g/mol. The van der Waals surface area contributed by atoms with E-state index in [-0.39, 0.29) is 55.0 Å². The topological polar surface area (TPSA) is 165 Å². The number of piperidine rings is 2. The van der Waals surface area contributed by atoms with Crippen molar-refractivity contribution in [1.29, 1.82) is 0 Å². The summed E-state index contributed by atoms with van der Waals surface area (Å²) in [6.45, 7) is 1.76. The summed E-state index contributed by atoms with van der Waals surface area (Å²) in [5.41, 5.74) is 5.61. The lowest BCUT2D eigenvalue weighted by Gasteiger charge is -2.36. The molecule has 2 aromatic heterocycles. The molecular formula is C40H38ClN7O7. The van der Waals surface area contributed by atoms with E-state index in [2.05, 4.69) is 20.2 Å². The minimum atomic E-state index is -1.02. The van der Waals surface area contributed by atoms with Crippen LogP contribution in [0.5, 0.6) is 0 Å². The Kier molecular flexibility index (Phi) is 8.89. The van der Waals surface area contributed by atoms with Crippen LogP contribution < -0.4 is 15.1 Å². The minimum Gasteiger partial charge on any atom is -0.371 e. The highest BCUT2D eigenvalue weighted by molar-refractivity contribution is 6.38. The molecule has 5 aliphatic rings. The third-order valence-corrected chi connectivity index (χ3v) is 11.8. The van der Waals surface area contributed by atoms with Gasteiger partial charge in [0.25, 0.3) is 11.8 Å². The number of anilines is 2. The van der Waals surface area contributed by atoms with Gasteiger partial charge in [0, 0.05) is 67.3 Å². The van der Waals surface area contributed by atoms with Crippen LogP contribution in [0.15, 0.2) is 54.9 Å². The number of hydrogen-bond acceptors (Lipinski definition) is 9. The maximum absolute atomic E-state index is 13.4. The van der Waals surface area contributed by atoms with E-state index in [1.165, 1.54) is 5.56 Å². The molecule has 9 rings (SSSR count). The van der Waals surface area contributed by atoms with Crippen LogP contribution in [-0.2, 0) is 23.9 Å². The average molecular weight is 764 g/mol. The number of H-pyrrole nitrogens is 1. The van der Waals surface area contributed by atoms with Gasteiger partial charge >= 0.3 is 0 Å². The number of carbonyl (C=O) groups is 6. The van der Waals surface area contributed by atoms with E-state index in [0.717, 1.165) is 51.3 Å². The van der Waals surface area contributed by atoms with E-state index in [1.807, 2.05) is 30.5 Å². The molecule has 1 atom stereocenters. The number of amides is 6. The van der Waals surface area contributed by atoms with Gasteiger partial charge < -0.3 is 24.4 Å². The molecule has 4 fully saturated rings. The lowest BCUT2D eigenvalue weighted by molar-refractivity contribution is -0.142. The molecule has 6 heterocycles. The second-order valence-electron chi connectivity index (χ2n) is 14.8. The number of aromatic nitrogens is 2. The Labute approximate surface area is 320 Å². The fourth-order valence-corrected chi connectivity index (χ4v) is 8.57. The van der Waals surface area contributed by atoms with Crippen molar-refractivity contribution in [2.24, 2.45) is 0 Å². The third kappa shape index (κ3) is 6.42. The largest absolute Gasteiger partial charge is 0.371 e. The van der Waals surface area contributed by atoms with Crippen LogP contribution in [0, 0.1) is 0 Å². The van der Waals surface area contributed by atoms with Gasteiger partial charge in [-0.2, -0.15) is 0 Å². The summed E-state index contributed by atoms with van der Waals surface area (Å²) >= 11 is 6.96. The van der Waals surface area contributed by atoms with Gasteiger partial charge in [-0.15, -0.1) is 0 Å². The number of benzene rings is 2. The molecule has 4 aliphatic heterocycles. The number of nitrogens with one attached hydrogen (secondary N) is 2. The zero-order valence-corrected chi connectivity index (χ0v) is 30.6. The Bertz CT molecular complexity index is 2300. The molecule has 14 nitrogen and oxygen atoms in total. The number of hydrogen-bond donors (Lipinski definition) is 2. The Morgan fingerprint density at radius 1 is 0.873 bits per heavy atom. The summed E-state index contributed by atoms with van der Waals surface area (Å²) in [4.78, 5) is 91.1. The monoisotopic (exact) mass is 763 g/mol. The van der Waals surface area contributed by atoms with Crippen molar-refractivity contribution in [3.63, 3.8) is 0 Å². The van der Waals surface area contributed by atoms with Gasteiger partial charge in [0.05, 0.1) is 22.3 Å². The highest BCUT2D eigenvalue weighted by atomic mass is 35.5. The van der Waals surface area contributed by atoms with Gasteiger partial charge in [0.2, 0.25) is 23.6 Å². The number of ether oxygens (including phenoxy) is 1. The quantitative estimate of drug-likeness (QED) is 0.252. The first kappa shape index (κ1) is 35.1. The van der Waals surface area contributed by atoms with Crippen LogP contribution >= 0.6 is 11.6 Å². The zero-order valence-electron chi connectivity index (χ0n) is 29.9. The normalized spacial score (nSPS) is 20.8. The van der Waals surface area contributed by atoms with Crippen LogP contribution in [0.25, 0.3) is 22.2 Å². The molecule has 3 saturated heterocycles. The van der Waals surface area contributed by atoms with Gasteiger partial charge in [-0.1, -0.05) is 23.7 Å². The first-order valence-corrected chi connectivity index (χ1v) is 19.1. The van der Waals surface area contributed by atoms with Gasteiger partial charge in [-0.05, 0) is 79.5 Å². The van der Waals surface area contributed by atoms with Crippen LogP contribution in [0.1, 0.15) is 70.7 Å². The van der Waals surface area contributed by atoms with Gasteiger partial charge in [-0.25, -0.2) is 4.98 Å². The molecule has 55 heavy (non-hydrogen) atoms. The Morgan fingerprint density at radius 2 is 1.67 bits per heavy atom. The van der Waals surface area contributed by atoms with Gasteiger partial charge in [0.1, 0.15) is 24.8 Å². The van der Waals surface area contributed by atoms with Crippen molar-refractivity contribution in [2.45, 2.75) is 56.6 Å². The van der Waals surface area contributed by atoms with E-state index in [9.17, 15) is 28.8 Å². The van der Waals surface area contributed by atoms with E-state index in [1.54, 1.807) is 34.2 Å². The molecule has 0 radical (unpaired) electrons. The van der Waals surface area contributed by atoms with Crippen molar-refractivity contribution in [3.8, 4) is 11.1 Å². The summed E-state index contributed by atoms with van der Waals surface area (Å²) in [6.07, 6.45) is 7.34. The second kappa shape index (κ2) is 13.9. The molecule has 1 saturated carbocycles. The molecule has 1 unspecified atom stereocenters. The lowest BCUT2D eigenvalue weighted by atomic mass is 10.0. The number of nitrogens with zero attached hydrogens (tertiary/aromatic N) is 5. The Morgan fingerprint density at radius 3 is 2.44 bits per heavy atom. The Balaban J connectivity index is 0.774. The number of rotatable bonds is 8. The van der Waals surface area contributed by atoms with E-state index < -0.39 is 29.7 Å². The highest BCUT2D eigenvalue weighted by Gasteiger charge is 2.45. The number of imide groups is 2. The van der Waals surface area contributed by atoms with Crippen LogP contribution in [0.4, 0.5) is 11.4 Å². The molecule has 0 bridgehead atoms. The van der Waals surface area contributed by atoms with Crippen LogP contribution in [0.2, 0.25) is 5.02 Å². The molecule has 2 N–H and O–H groups in total. The smallest absolute Gasteiger partial charge is 0.262 e. The predicted octanol–water partition coefficient (Wildman–Crippen LogP) is 4.02. The third-order valence-electron chi connectivity index (χ3n) is 11.4. The average Bonchev–Trinajstić information content (AvgIpc) is 3.90. The first-order chi connectivity index (χ1) is 26.6. The first-order valence-electron chi connectivity index (χ1n) is 18.7. The fraction of sp³-hybridized carbons (Fsp3) is 0.375. The number of carbonyl (C=O) groups excluding carboxylic acids is 6. The minimum absolute atomic E-state index is 0.0479. The summed E-state index contributed by atoms with van der Waals surface area (Å²) in [6, 6.07) is 11.7.